The highest BCUT2D eigenvalue weighted by Gasteiger charge is 2.48. The molecule has 2 aliphatic heterocycles. The van der Waals surface area contributed by atoms with Crippen molar-refractivity contribution in [1.29, 1.82) is 0 Å². The van der Waals surface area contributed by atoms with Crippen LogP contribution in [0.2, 0.25) is 0 Å². The van der Waals surface area contributed by atoms with E-state index in [4.69, 9.17) is 4.74 Å². The minimum atomic E-state index is -0.830. The molecule has 168 valence electrons. The standard InChI is InChI=1S/C23H25N3O6/c1-4-32-22(29)19-17(13-5-7-14(8-6-13)26(30)31)18-15(11-23(2,3)12-16(18)27)25-10-9-24-21(28)20(19)25/h5-8,17H,4,9-12H2,1-3H3,(H,24,28). The zero-order chi connectivity index (χ0) is 23.2. The number of fused-ring (bicyclic) bond motifs is 2. The van der Waals surface area contributed by atoms with Gasteiger partial charge >= 0.3 is 5.97 Å². The third-order valence-electron chi connectivity index (χ3n) is 6.09. The highest BCUT2D eigenvalue weighted by molar-refractivity contribution is 6.09. The fraction of sp³-hybridized carbons (Fsp3) is 0.435. The number of rotatable bonds is 4. The number of ether oxygens (including phenoxy) is 1. The van der Waals surface area contributed by atoms with Gasteiger partial charge in [-0.05, 0) is 24.3 Å². The van der Waals surface area contributed by atoms with Crippen LogP contribution in [0.5, 0.6) is 0 Å². The van der Waals surface area contributed by atoms with Crippen molar-refractivity contribution in [3.05, 3.63) is 62.5 Å². The van der Waals surface area contributed by atoms with Crippen LogP contribution in [0, 0.1) is 15.5 Å². The van der Waals surface area contributed by atoms with Crippen LogP contribution in [0.15, 0.2) is 46.8 Å². The molecule has 1 unspecified atom stereocenters. The molecule has 9 heteroatoms. The summed E-state index contributed by atoms with van der Waals surface area (Å²) < 4.78 is 5.30. The van der Waals surface area contributed by atoms with E-state index in [0.717, 1.165) is 5.70 Å². The van der Waals surface area contributed by atoms with E-state index in [-0.39, 0.29) is 34.8 Å². The van der Waals surface area contributed by atoms with Gasteiger partial charge in [0.2, 0.25) is 0 Å². The van der Waals surface area contributed by atoms with E-state index < -0.39 is 22.7 Å². The number of Topliss-reactive ketones (excluding diaryl/α,β-unsaturated/α-hetero) is 1. The molecule has 4 rings (SSSR count). The predicted molar refractivity (Wildman–Crippen MR) is 114 cm³/mol. The number of hydrogen-bond donors (Lipinski definition) is 1. The largest absolute Gasteiger partial charge is 0.463 e. The van der Waals surface area contributed by atoms with Crippen LogP contribution in [-0.4, -0.2) is 47.2 Å². The average Bonchev–Trinajstić information content (AvgIpc) is 2.72. The summed E-state index contributed by atoms with van der Waals surface area (Å²) in [6, 6.07) is 5.76. The van der Waals surface area contributed by atoms with Gasteiger partial charge in [-0.1, -0.05) is 26.0 Å². The van der Waals surface area contributed by atoms with Crippen LogP contribution in [0.1, 0.15) is 45.1 Å². The molecular formula is C23H25N3O6. The first-order valence-electron chi connectivity index (χ1n) is 10.6. The number of allylic oxidation sites excluding steroid dienone is 2. The molecule has 0 spiro atoms. The molecule has 1 aromatic carbocycles. The maximum absolute atomic E-state index is 13.4. The third-order valence-corrected chi connectivity index (χ3v) is 6.09. The molecule has 0 bridgehead atoms. The number of hydrogen-bond acceptors (Lipinski definition) is 7. The summed E-state index contributed by atoms with van der Waals surface area (Å²) in [6.07, 6.45) is 0.880. The Hall–Kier alpha value is -3.49. The molecule has 1 saturated heterocycles. The van der Waals surface area contributed by atoms with Gasteiger partial charge in [0.25, 0.3) is 11.6 Å². The first kappa shape index (κ1) is 21.7. The second-order valence-corrected chi connectivity index (χ2v) is 8.97. The van der Waals surface area contributed by atoms with Gasteiger partial charge in [0.1, 0.15) is 5.70 Å². The minimum absolute atomic E-state index is 0.0913. The van der Waals surface area contributed by atoms with E-state index >= 15 is 0 Å². The summed E-state index contributed by atoms with van der Waals surface area (Å²) in [4.78, 5) is 51.9. The number of nitrogens with zero attached hydrogens (tertiary/aromatic N) is 2. The fourth-order valence-corrected chi connectivity index (χ4v) is 4.83. The van der Waals surface area contributed by atoms with Crippen LogP contribution in [0.25, 0.3) is 0 Å². The third kappa shape index (κ3) is 3.57. The molecule has 0 saturated carbocycles. The van der Waals surface area contributed by atoms with Gasteiger partial charge in [0.05, 0.1) is 17.1 Å². The second-order valence-electron chi connectivity index (χ2n) is 8.97. The van der Waals surface area contributed by atoms with Crippen molar-refractivity contribution in [2.75, 3.05) is 19.7 Å². The Kier molecular flexibility index (Phi) is 5.36. The lowest BCUT2D eigenvalue weighted by atomic mass is 9.67. The maximum Gasteiger partial charge on any atom is 0.337 e. The SMILES string of the molecule is CCOC(=O)C1=C2C(=O)NCCN2C2=C(C(=O)CC(C)(C)C2)C1c1ccc([N+](=O)[O-])cc1. The summed E-state index contributed by atoms with van der Waals surface area (Å²) in [5.74, 6) is -1.99. The van der Waals surface area contributed by atoms with E-state index in [1.165, 1.54) is 24.3 Å². The first-order valence-corrected chi connectivity index (χ1v) is 10.6. The lowest BCUT2D eigenvalue weighted by molar-refractivity contribution is -0.384. The smallest absolute Gasteiger partial charge is 0.337 e. The first-order chi connectivity index (χ1) is 15.1. The maximum atomic E-state index is 13.4. The average molecular weight is 439 g/mol. The summed E-state index contributed by atoms with van der Waals surface area (Å²) in [5.41, 5.74) is 1.65. The van der Waals surface area contributed by atoms with Gasteiger partial charge in [-0.2, -0.15) is 0 Å². The second kappa shape index (κ2) is 7.89. The van der Waals surface area contributed by atoms with Gasteiger partial charge in [-0.15, -0.1) is 0 Å². The summed E-state index contributed by atoms with van der Waals surface area (Å²) >= 11 is 0. The molecule has 1 aromatic rings. The highest BCUT2D eigenvalue weighted by atomic mass is 16.6. The number of carbonyl (C=O) groups excluding carboxylic acids is 3. The number of benzene rings is 1. The molecule has 1 amide bonds. The van der Waals surface area contributed by atoms with Crippen molar-refractivity contribution >= 4 is 23.3 Å². The number of ketones is 1. The van der Waals surface area contributed by atoms with Crippen molar-refractivity contribution in [3.63, 3.8) is 0 Å². The molecule has 9 nitrogen and oxygen atoms in total. The van der Waals surface area contributed by atoms with E-state index in [9.17, 15) is 24.5 Å². The molecule has 1 atom stereocenters. The number of nitro benzene ring substituents is 1. The summed E-state index contributed by atoms with van der Waals surface area (Å²) in [5, 5.41) is 13.9. The molecule has 1 aliphatic carbocycles. The van der Waals surface area contributed by atoms with Crippen molar-refractivity contribution in [3.8, 4) is 0 Å². The van der Waals surface area contributed by atoms with Crippen LogP contribution in [-0.2, 0) is 19.1 Å². The Morgan fingerprint density at radius 3 is 2.56 bits per heavy atom. The van der Waals surface area contributed by atoms with Crippen LogP contribution < -0.4 is 5.32 Å². The highest BCUT2D eigenvalue weighted by Crippen LogP contribution is 2.50. The number of carbonyl (C=O) groups is 3. The van der Waals surface area contributed by atoms with E-state index in [1.807, 2.05) is 13.8 Å². The minimum Gasteiger partial charge on any atom is -0.463 e. The molecule has 1 fully saturated rings. The van der Waals surface area contributed by atoms with E-state index in [1.54, 1.807) is 11.8 Å². The Balaban J connectivity index is 1.98. The van der Waals surface area contributed by atoms with Gasteiger partial charge in [0.15, 0.2) is 5.78 Å². The van der Waals surface area contributed by atoms with E-state index in [2.05, 4.69) is 5.32 Å². The number of amides is 1. The summed E-state index contributed by atoms with van der Waals surface area (Å²) in [6.45, 7) is 6.63. The number of piperazine rings is 1. The number of esters is 1. The van der Waals surface area contributed by atoms with Crippen LogP contribution >= 0.6 is 0 Å². The van der Waals surface area contributed by atoms with Gasteiger partial charge in [0, 0.05) is 48.8 Å². The lowest BCUT2D eigenvalue weighted by Crippen LogP contribution is -2.51. The number of non-ortho nitro benzene ring substituents is 1. The number of nitrogens with one attached hydrogen (secondary N) is 1. The van der Waals surface area contributed by atoms with Crippen LogP contribution in [0.3, 0.4) is 0 Å². The molecule has 0 aromatic heterocycles. The van der Waals surface area contributed by atoms with Crippen molar-refractivity contribution < 1.29 is 24.0 Å². The molecular weight excluding hydrogens is 414 g/mol. The molecule has 1 N–H and O–H groups in total. The normalized spacial score (nSPS) is 22.2. The topological polar surface area (TPSA) is 119 Å². The van der Waals surface area contributed by atoms with E-state index in [0.29, 0.717) is 37.1 Å². The summed E-state index contributed by atoms with van der Waals surface area (Å²) in [7, 11) is 0. The zero-order valence-corrected chi connectivity index (χ0v) is 18.3. The fourth-order valence-electron chi connectivity index (χ4n) is 4.83. The van der Waals surface area contributed by atoms with Gasteiger partial charge in [-0.3, -0.25) is 19.7 Å². The lowest BCUT2D eigenvalue weighted by Gasteiger charge is -2.46. The zero-order valence-electron chi connectivity index (χ0n) is 18.3. The van der Waals surface area contributed by atoms with Crippen molar-refractivity contribution in [2.24, 2.45) is 5.41 Å². The molecule has 3 aliphatic rings. The molecule has 32 heavy (non-hydrogen) atoms. The van der Waals surface area contributed by atoms with Gasteiger partial charge < -0.3 is 15.0 Å². The Morgan fingerprint density at radius 1 is 1.25 bits per heavy atom. The predicted octanol–water partition coefficient (Wildman–Crippen LogP) is 2.58. The number of nitro groups is 1. The van der Waals surface area contributed by atoms with Crippen molar-refractivity contribution in [2.45, 2.75) is 39.5 Å². The Morgan fingerprint density at radius 2 is 1.94 bits per heavy atom. The monoisotopic (exact) mass is 439 g/mol. The molecule has 0 radical (unpaired) electrons. The van der Waals surface area contributed by atoms with Crippen LogP contribution in [0.4, 0.5) is 5.69 Å². The van der Waals surface area contributed by atoms with Gasteiger partial charge in [-0.25, -0.2) is 4.79 Å². The Bertz CT molecular complexity index is 1080. The Labute approximate surface area is 185 Å². The van der Waals surface area contributed by atoms with Crippen molar-refractivity contribution in [1.82, 2.24) is 10.2 Å². The quantitative estimate of drug-likeness (QED) is 0.435. The molecule has 2 heterocycles.